The van der Waals surface area contributed by atoms with Crippen molar-refractivity contribution in [2.75, 3.05) is 25.1 Å². The average Bonchev–Trinajstić information content (AvgIpc) is 3.43. The molecule has 1 atom stereocenters. The first-order valence-corrected chi connectivity index (χ1v) is 11.2. The van der Waals surface area contributed by atoms with Crippen LogP contribution in [-0.2, 0) is 16.0 Å². The number of hydrogen-bond acceptors (Lipinski definition) is 6. The summed E-state index contributed by atoms with van der Waals surface area (Å²) in [5, 5.41) is 3.88. The molecule has 2 aromatic heterocycles. The number of rotatable bonds is 7. The molecule has 7 nitrogen and oxygen atoms in total. The Hall–Kier alpha value is -2.97. The van der Waals surface area contributed by atoms with E-state index in [1.807, 2.05) is 30.3 Å². The van der Waals surface area contributed by atoms with Gasteiger partial charge in [-0.3, -0.25) is 4.98 Å². The summed E-state index contributed by atoms with van der Waals surface area (Å²) < 4.78 is 11.8. The molecule has 1 N–H and O–H groups in total. The van der Waals surface area contributed by atoms with Crippen LogP contribution in [0.25, 0.3) is 10.1 Å². The molecule has 1 fully saturated rings. The molecule has 0 spiro atoms. The van der Waals surface area contributed by atoms with E-state index in [9.17, 15) is 9.59 Å². The number of carbonyl (C=O) groups is 2. The van der Waals surface area contributed by atoms with Crippen LogP contribution in [0.5, 0.6) is 0 Å². The molecule has 1 aliphatic rings. The van der Waals surface area contributed by atoms with Gasteiger partial charge in [0.15, 0.2) is 0 Å². The van der Waals surface area contributed by atoms with Gasteiger partial charge in [0, 0.05) is 42.5 Å². The van der Waals surface area contributed by atoms with Gasteiger partial charge in [-0.15, -0.1) is 11.3 Å². The first kappa shape index (κ1) is 21.3. The topological polar surface area (TPSA) is 80.8 Å². The number of esters is 1. The number of urea groups is 1. The summed E-state index contributed by atoms with van der Waals surface area (Å²) in [5.74, 6) is -0.325. The third-order valence-corrected chi connectivity index (χ3v) is 6.17. The van der Waals surface area contributed by atoms with Crippen LogP contribution in [0.15, 0.2) is 48.8 Å². The van der Waals surface area contributed by atoms with E-state index >= 15 is 0 Å². The van der Waals surface area contributed by atoms with Gasteiger partial charge < -0.3 is 19.7 Å². The zero-order valence-corrected chi connectivity index (χ0v) is 18.2. The monoisotopic (exact) mass is 439 g/mol. The maximum atomic E-state index is 13.1. The number of fused-ring (bicyclic) bond motifs is 1. The first-order valence-electron chi connectivity index (χ1n) is 10.4. The molecule has 31 heavy (non-hydrogen) atoms. The molecule has 1 unspecified atom stereocenters. The van der Waals surface area contributed by atoms with E-state index < -0.39 is 0 Å². The maximum absolute atomic E-state index is 13.1. The van der Waals surface area contributed by atoms with Crippen LogP contribution in [-0.4, -0.2) is 47.7 Å². The highest BCUT2D eigenvalue weighted by Crippen LogP contribution is 2.29. The lowest BCUT2D eigenvalue weighted by Gasteiger charge is -2.26. The molecule has 1 aliphatic heterocycles. The Labute approximate surface area is 185 Å². The third-order valence-electron chi connectivity index (χ3n) is 5.08. The van der Waals surface area contributed by atoms with E-state index in [4.69, 9.17) is 9.47 Å². The van der Waals surface area contributed by atoms with Crippen molar-refractivity contribution in [1.82, 2.24) is 9.88 Å². The quantitative estimate of drug-likeness (QED) is 0.541. The molecule has 0 bridgehead atoms. The molecule has 8 heteroatoms. The lowest BCUT2D eigenvalue weighted by Crippen LogP contribution is -2.39. The number of nitrogens with zero attached hydrogens (tertiary/aromatic N) is 2. The lowest BCUT2D eigenvalue weighted by atomic mass is 10.2. The van der Waals surface area contributed by atoms with E-state index in [-0.39, 0.29) is 18.1 Å². The number of thiophene rings is 1. The zero-order valence-electron chi connectivity index (χ0n) is 17.4. The number of ether oxygens (including phenoxy) is 2. The fourth-order valence-corrected chi connectivity index (χ4v) is 4.53. The van der Waals surface area contributed by atoms with Gasteiger partial charge in [0.05, 0.1) is 12.7 Å². The van der Waals surface area contributed by atoms with Crippen molar-refractivity contribution in [2.24, 2.45) is 0 Å². The van der Waals surface area contributed by atoms with Crippen molar-refractivity contribution in [3.8, 4) is 0 Å². The van der Waals surface area contributed by atoms with Gasteiger partial charge in [0.1, 0.15) is 4.88 Å². The van der Waals surface area contributed by atoms with Crippen LogP contribution < -0.4 is 5.32 Å². The largest absolute Gasteiger partial charge is 0.462 e. The Morgan fingerprint density at radius 3 is 2.97 bits per heavy atom. The number of benzene rings is 1. The minimum atomic E-state index is -0.325. The molecule has 0 radical (unpaired) electrons. The van der Waals surface area contributed by atoms with Gasteiger partial charge in [-0.1, -0.05) is 6.07 Å². The van der Waals surface area contributed by atoms with Crippen molar-refractivity contribution in [3.63, 3.8) is 0 Å². The van der Waals surface area contributed by atoms with Crippen molar-refractivity contribution in [1.29, 1.82) is 0 Å². The van der Waals surface area contributed by atoms with Crippen molar-refractivity contribution in [2.45, 2.75) is 32.4 Å². The van der Waals surface area contributed by atoms with Crippen molar-refractivity contribution >= 4 is 39.1 Å². The van der Waals surface area contributed by atoms with Gasteiger partial charge in [-0.2, -0.15) is 0 Å². The van der Waals surface area contributed by atoms with Crippen LogP contribution in [0.2, 0.25) is 0 Å². The number of hydrogen-bond donors (Lipinski definition) is 1. The average molecular weight is 440 g/mol. The molecule has 0 saturated carbocycles. The van der Waals surface area contributed by atoms with Gasteiger partial charge in [-0.25, -0.2) is 9.59 Å². The predicted octanol–water partition coefficient (Wildman–Crippen LogP) is 4.69. The third kappa shape index (κ3) is 5.39. The van der Waals surface area contributed by atoms with E-state index in [1.165, 1.54) is 11.3 Å². The Kier molecular flexibility index (Phi) is 6.79. The second-order valence-corrected chi connectivity index (χ2v) is 8.47. The summed E-state index contributed by atoms with van der Waals surface area (Å²) in [7, 11) is 0. The second kappa shape index (κ2) is 9.89. The van der Waals surface area contributed by atoms with Crippen LogP contribution in [0, 0.1) is 0 Å². The Bertz CT molecular complexity index is 1050. The molecular weight excluding hydrogens is 414 g/mol. The summed E-state index contributed by atoms with van der Waals surface area (Å²) in [6.07, 6.45) is 5.51. The van der Waals surface area contributed by atoms with Crippen LogP contribution in [0.3, 0.4) is 0 Å². The Morgan fingerprint density at radius 2 is 2.23 bits per heavy atom. The van der Waals surface area contributed by atoms with E-state index in [2.05, 4.69) is 10.3 Å². The van der Waals surface area contributed by atoms with Gasteiger partial charge in [-0.05, 0) is 61.0 Å². The fraction of sp³-hybridized carbons (Fsp3) is 0.348. The lowest BCUT2D eigenvalue weighted by molar-refractivity contribution is 0.0532. The highest BCUT2D eigenvalue weighted by Gasteiger charge is 2.23. The Morgan fingerprint density at radius 1 is 1.32 bits per heavy atom. The highest BCUT2D eigenvalue weighted by molar-refractivity contribution is 7.20. The molecule has 1 aromatic carbocycles. The first-order chi connectivity index (χ1) is 15.1. The molecule has 1 saturated heterocycles. The molecule has 2 amide bonds. The second-order valence-electron chi connectivity index (χ2n) is 7.39. The zero-order chi connectivity index (χ0) is 21.6. The van der Waals surface area contributed by atoms with Crippen molar-refractivity contribution in [3.05, 3.63) is 59.2 Å². The summed E-state index contributed by atoms with van der Waals surface area (Å²) in [5.41, 5.74) is 1.64. The minimum absolute atomic E-state index is 0.0499. The predicted molar refractivity (Wildman–Crippen MR) is 120 cm³/mol. The van der Waals surface area contributed by atoms with Gasteiger partial charge in [0.2, 0.25) is 0 Å². The number of aromatic nitrogens is 1. The maximum Gasteiger partial charge on any atom is 0.348 e. The number of anilines is 1. The fourth-order valence-electron chi connectivity index (χ4n) is 3.59. The summed E-state index contributed by atoms with van der Waals surface area (Å²) >= 11 is 1.38. The van der Waals surface area contributed by atoms with E-state index in [1.54, 1.807) is 30.3 Å². The summed E-state index contributed by atoms with van der Waals surface area (Å²) in [6.45, 7) is 3.84. The van der Waals surface area contributed by atoms with Crippen molar-refractivity contribution < 1.29 is 19.1 Å². The Balaban J connectivity index is 1.49. The highest BCUT2D eigenvalue weighted by atomic mass is 32.1. The van der Waals surface area contributed by atoms with Gasteiger partial charge >= 0.3 is 12.0 Å². The van der Waals surface area contributed by atoms with E-state index in [0.29, 0.717) is 30.3 Å². The van der Waals surface area contributed by atoms with Crippen LogP contribution in [0.4, 0.5) is 10.5 Å². The molecular formula is C23H25N3O4S. The number of carbonyl (C=O) groups excluding carboxylic acids is 2. The number of nitrogens with one attached hydrogen (secondary N) is 1. The molecule has 4 rings (SSSR count). The van der Waals surface area contributed by atoms with Crippen LogP contribution in [0.1, 0.15) is 35.0 Å². The van der Waals surface area contributed by atoms with Gasteiger partial charge in [0.25, 0.3) is 0 Å². The van der Waals surface area contributed by atoms with Crippen LogP contribution >= 0.6 is 11.3 Å². The molecule has 162 valence electrons. The molecule has 0 aliphatic carbocycles. The SMILES string of the molecule is CCOC(=O)c1cc2cc(NC(=O)N(Cc3cccnc3)CC3CCCO3)ccc2s1. The number of pyridine rings is 1. The standard InChI is InChI=1S/C23H25N3O4S/c1-2-29-22(27)21-12-17-11-18(7-8-20(17)31-21)25-23(28)26(15-19-6-4-10-30-19)14-16-5-3-9-24-13-16/h3,5,7-9,11-13,19H,2,4,6,10,14-15H2,1H3,(H,25,28). The molecule has 3 heterocycles. The summed E-state index contributed by atoms with van der Waals surface area (Å²) in [4.78, 5) is 31.6. The summed E-state index contributed by atoms with van der Waals surface area (Å²) in [6, 6.07) is 11.1. The normalized spacial score (nSPS) is 15.7. The van der Waals surface area contributed by atoms with E-state index in [0.717, 1.165) is 35.1 Å². The smallest absolute Gasteiger partial charge is 0.348 e. The minimum Gasteiger partial charge on any atom is -0.462 e. The number of amides is 2. The molecule has 3 aromatic rings.